The van der Waals surface area contributed by atoms with Crippen LogP contribution in [0.1, 0.15) is 37.1 Å². The van der Waals surface area contributed by atoms with Gasteiger partial charge in [0, 0.05) is 38.3 Å². The lowest BCUT2D eigenvalue weighted by molar-refractivity contribution is -0.128. The predicted octanol–water partition coefficient (Wildman–Crippen LogP) is 1.95. The number of piperazine rings is 1. The molecule has 1 aliphatic heterocycles. The van der Waals surface area contributed by atoms with Gasteiger partial charge in [0.05, 0.1) is 6.04 Å². The molecular weight excluding hydrogens is 382 g/mol. The van der Waals surface area contributed by atoms with E-state index >= 15 is 0 Å². The average Bonchev–Trinajstić information content (AvgIpc) is 3.48. The first-order valence-corrected chi connectivity index (χ1v) is 10.6. The van der Waals surface area contributed by atoms with E-state index in [2.05, 4.69) is 25.6 Å². The zero-order valence-electron chi connectivity index (χ0n) is 17.5. The third-order valence-corrected chi connectivity index (χ3v) is 5.81. The fourth-order valence-electron chi connectivity index (χ4n) is 3.88. The topological polar surface area (TPSA) is 90.7 Å². The molecule has 8 heteroatoms. The maximum absolute atomic E-state index is 13.2. The van der Waals surface area contributed by atoms with E-state index in [0.29, 0.717) is 30.7 Å². The SMILES string of the molecule is Cc1cc(NC(=O)C(c2ccccc2)N2CCN(C(C)C(=O)NC3CC3)CC2)no1. The molecule has 2 aliphatic rings. The van der Waals surface area contributed by atoms with Gasteiger partial charge in [0.2, 0.25) is 11.8 Å². The summed E-state index contributed by atoms with van der Waals surface area (Å²) in [5.41, 5.74) is 0.934. The van der Waals surface area contributed by atoms with Gasteiger partial charge in [-0.25, -0.2) is 0 Å². The van der Waals surface area contributed by atoms with Crippen molar-refractivity contribution in [3.8, 4) is 0 Å². The molecule has 30 heavy (non-hydrogen) atoms. The van der Waals surface area contributed by atoms with Gasteiger partial charge in [0.15, 0.2) is 5.82 Å². The van der Waals surface area contributed by atoms with Gasteiger partial charge < -0.3 is 15.2 Å². The molecule has 0 radical (unpaired) electrons. The smallest absolute Gasteiger partial charge is 0.247 e. The Bertz CT molecular complexity index is 872. The minimum Gasteiger partial charge on any atom is -0.360 e. The summed E-state index contributed by atoms with van der Waals surface area (Å²) in [6.45, 7) is 6.62. The summed E-state index contributed by atoms with van der Waals surface area (Å²) in [6.07, 6.45) is 2.18. The number of aromatic nitrogens is 1. The number of hydrogen-bond acceptors (Lipinski definition) is 6. The molecule has 1 saturated carbocycles. The number of nitrogens with zero attached hydrogens (tertiary/aromatic N) is 3. The Morgan fingerprint density at radius 1 is 1.07 bits per heavy atom. The van der Waals surface area contributed by atoms with E-state index in [9.17, 15) is 9.59 Å². The molecule has 0 bridgehead atoms. The molecule has 1 aliphatic carbocycles. The molecule has 2 atom stereocenters. The molecule has 1 saturated heterocycles. The fourth-order valence-corrected chi connectivity index (χ4v) is 3.88. The van der Waals surface area contributed by atoms with Crippen molar-refractivity contribution in [2.24, 2.45) is 0 Å². The van der Waals surface area contributed by atoms with Crippen LogP contribution >= 0.6 is 0 Å². The van der Waals surface area contributed by atoms with E-state index in [-0.39, 0.29) is 17.9 Å². The Morgan fingerprint density at radius 3 is 2.33 bits per heavy atom. The van der Waals surface area contributed by atoms with E-state index < -0.39 is 6.04 Å². The summed E-state index contributed by atoms with van der Waals surface area (Å²) in [6, 6.07) is 11.2. The van der Waals surface area contributed by atoms with Crippen LogP contribution in [0.4, 0.5) is 5.82 Å². The van der Waals surface area contributed by atoms with Crippen LogP contribution in [-0.2, 0) is 9.59 Å². The summed E-state index contributed by atoms with van der Waals surface area (Å²) in [5.74, 6) is 1.03. The Kier molecular flexibility index (Phi) is 6.15. The number of nitrogens with one attached hydrogen (secondary N) is 2. The van der Waals surface area contributed by atoms with Crippen LogP contribution in [0.3, 0.4) is 0 Å². The number of aryl methyl sites for hydroxylation is 1. The first kappa shape index (κ1) is 20.6. The molecule has 8 nitrogen and oxygen atoms in total. The van der Waals surface area contributed by atoms with Crippen LogP contribution in [-0.4, -0.2) is 65.0 Å². The van der Waals surface area contributed by atoms with Gasteiger partial charge >= 0.3 is 0 Å². The maximum atomic E-state index is 13.2. The number of carbonyl (C=O) groups excluding carboxylic acids is 2. The maximum Gasteiger partial charge on any atom is 0.247 e. The highest BCUT2D eigenvalue weighted by Gasteiger charge is 2.34. The predicted molar refractivity (Wildman–Crippen MR) is 113 cm³/mol. The van der Waals surface area contributed by atoms with E-state index in [1.54, 1.807) is 13.0 Å². The molecule has 2 unspecified atom stereocenters. The summed E-state index contributed by atoms with van der Waals surface area (Å²) in [5, 5.41) is 9.84. The third-order valence-electron chi connectivity index (χ3n) is 5.81. The van der Waals surface area contributed by atoms with Gasteiger partial charge in [-0.05, 0) is 32.3 Å². The number of anilines is 1. The number of rotatable bonds is 7. The monoisotopic (exact) mass is 411 g/mol. The van der Waals surface area contributed by atoms with Crippen LogP contribution in [0.5, 0.6) is 0 Å². The first-order chi connectivity index (χ1) is 14.5. The van der Waals surface area contributed by atoms with Crippen molar-refractivity contribution in [1.29, 1.82) is 0 Å². The van der Waals surface area contributed by atoms with Crippen molar-refractivity contribution in [3.63, 3.8) is 0 Å². The number of amides is 2. The number of carbonyl (C=O) groups is 2. The average molecular weight is 412 g/mol. The summed E-state index contributed by atoms with van der Waals surface area (Å²) >= 11 is 0. The zero-order valence-corrected chi connectivity index (χ0v) is 17.5. The first-order valence-electron chi connectivity index (χ1n) is 10.6. The molecule has 1 aromatic carbocycles. The van der Waals surface area contributed by atoms with Crippen molar-refractivity contribution in [2.75, 3.05) is 31.5 Å². The normalized spacial score (nSPS) is 19.8. The summed E-state index contributed by atoms with van der Waals surface area (Å²) < 4.78 is 5.07. The van der Waals surface area contributed by atoms with E-state index in [0.717, 1.165) is 31.5 Å². The van der Waals surface area contributed by atoms with Gasteiger partial charge in [-0.1, -0.05) is 35.5 Å². The molecule has 160 valence electrons. The Labute approximate surface area is 176 Å². The van der Waals surface area contributed by atoms with Crippen molar-refractivity contribution >= 4 is 17.6 Å². The molecule has 2 amide bonds. The van der Waals surface area contributed by atoms with Gasteiger partial charge in [0.25, 0.3) is 0 Å². The minimum atomic E-state index is -0.430. The van der Waals surface area contributed by atoms with E-state index in [4.69, 9.17) is 4.52 Å². The Balaban J connectivity index is 1.42. The second kappa shape index (κ2) is 8.97. The Morgan fingerprint density at radius 2 is 1.73 bits per heavy atom. The minimum absolute atomic E-state index is 0.102. The summed E-state index contributed by atoms with van der Waals surface area (Å²) in [4.78, 5) is 29.9. The highest BCUT2D eigenvalue weighted by atomic mass is 16.5. The second-order valence-corrected chi connectivity index (χ2v) is 8.16. The largest absolute Gasteiger partial charge is 0.360 e. The van der Waals surface area contributed by atoms with Crippen LogP contribution < -0.4 is 10.6 Å². The van der Waals surface area contributed by atoms with Gasteiger partial charge in [-0.2, -0.15) is 0 Å². The Hall–Kier alpha value is -2.71. The van der Waals surface area contributed by atoms with Crippen LogP contribution in [0, 0.1) is 6.92 Å². The van der Waals surface area contributed by atoms with Crippen LogP contribution in [0.2, 0.25) is 0 Å². The zero-order chi connectivity index (χ0) is 21.1. The lowest BCUT2D eigenvalue weighted by Gasteiger charge is -2.40. The highest BCUT2D eigenvalue weighted by molar-refractivity contribution is 5.94. The van der Waals surface area contributed by atoms with Crippen molar-refractivity contribution in [3.05, 3.63) is 47.7 Å². The third kappa shape index (κ3) is 4.88. The molecule has 2 heterocycles. The second-order valence-electron chi connectivity index (χ2n) is 8.16. The lowest BCUT2D eigenvalue weighted by Crippen LogP contribution is -2.55. The molecule has 4 rings (SSSR count). The number of benzene rings is 1. The van der Waals surface area contributed by atoms with Gasteiger partial charge in [-0.15, -0.1) is 0 Å². The molecule has 0 spiro atoms. The molecule has 2 aromatic rings. The van der Waals surface area contributed by atoms with Gasteiger partial charge in [-0.3, -0.25) is 19.4 Å². The van der Waals surface area contributed by atoms with Gasteiger partial charge in [0.1, 0.15) is 11.8 Å². The van der Waals surface area contributed by atoms with Crippen LogP contribution in [0.15, 0.2) is 40.9 Å². The highest BCUT2D eigenvalue weighted by Crippen LogP contribution is 2.25. The lowest BCUT2D eigenvalue weighted by atomic mass is 10.0. The van der Waals surface area contributed by atoms with Crippen molar-refractivity contribution in [1.82, 2.24) is 20.3 Å². The van der Waals surface area contributed by atoms with Crippen molar-refractivity contribution in [2.45, 2.75) is 44.8 Å². The molecule has 2 fully saturated rings. The summed E-state index contributed by atoms with van der Waals surface area (Å²) in [7, 11) is 0. The molecule has 1 aromatic heterocycles. The fraction of sp³-hybridized carbons (Fsp3) is 0.500. The van der Waals surface area contributed by atoms with E-state index in [1.165, 1.54) is 0 Å². The number of hydrogen-bond donors (Lipinski definition) is 2. The van der Waals surface area contributed by atoms with Crippen LogP contribution in [0.25, 0.3) is 0 Å². The quantitative estimate of drug-likeness (QED) is 0.724. The standard InChI is InChI=1S/C22H29N5O3/c1-15-14-19(25-30-15)24-22(29)20(17-6-4-3-5-7-17)27-12-10-26(11-13-27)16(2)21(28)23-18-8-9-18/h3-7,14,16,18,20H,8-13H2,1-2H3,(H,23,28)(H,24,25,29). The molecular formula is C22H29N5O3. The van der Waals surface area contributed by atoms with E-state index in [1.807, 2.05) is 37.3 Å². The van der Waals surface area contributed by atoms with Crippen molar-refractivity contribution < 1.29 is 14.1 Å². The molecule has 2 N–H and O–H groups in total.